The van der Waals surface area contributed by atoms with Crippen LogP contribution in [0.3, 0.4) is 0 Å². The Labute approximate surface area is 169 Å². The largest absolute Gasteiger partial charge is 0.341 e. The molecule has 5 nitrogen and oxygen atoms in total. The summed E-state index contributed by atoms with van der Waals surface area (Å²) >= 11 is 0. The molecule has 29 heavy (non-hydrogen) atoms. The summed E-state index contributed by atoms with van der Waals surface area (Å²) in [7, 11) is 1.63. The summed E-state index contributed by atoms with van der Waals surface area (Å²) in [5, 5.41) is 19.8. The average molecular weight is 400 g/mol. The number of amides is 2. The van der Waals surface area contributed by atoms with E-state index in [9.17, 15) is 13.6 Å². The van der Waals surface area contributed by atoms with Crippen molar-refractivity contribution < 1.29 is 13.6 Å². The Morgan fingerprint density at radius 3 is 2.72 bits per heavy atom. The minimum atomic E-state index is -0.759. The number of fused-ring (bicyclic) bond motifs is 2. The molecule has 1 aromatic carbocycles. The molecular formula is C22H26F2N4O. The maximum atomic E-state index is 14.1. The number of nitrogens with zero attached hydrogens (tertiary/aromatic N) is 1. The van der Waals surface area contributed by atoms with Crippen molar-refractivity contribution >= 4 is 17.5 Å². The van der Waals surface area contributed by atoms with Crippen LogP contribution in [0.2, 0.25) is 0 Å². The van der Waals surface area contributed by atoms with E-state index in [1.165, 1.54) is 12.1 Å². The molecule has 0 aromatic heterocycles. The third-order valence-electron chi connectivity index (χ3n) is 7.01. The van der Waals surface area contributed by atoms with Crippen molar-refractivity contribution in [1.29, 1.82) is 10.8 Å². The number of urea groups is 1. The van der Waals surface area contributed by atoms with E-state index in [2.05, 4.69) is 5.32 Å². The first-order valence-corrected chi connectivity index (χ1v) is 10.2. The van der Waals surface area contributed by atoms with Crippen molar-refractivity contribution in [3.63, 3.8) is 0 Å². The predicted octanol–water partition coefficient (Wildman–Crippen LogP) is 4.13. The highest BCUT2D eigenvalue weighted by molar-refractivity contribution is 6.15. The number of likely N-dealkylation sites (tertiary alicyclic amines) is 1. The van der Waals surface area contributed by atoms with Crippen LogP contribution in [-0.4, -0.2) is 42.5 Å². The molecule has 4 rings (SSSR count). The van der Waals surface area contributed by atoms with E-state index in [4.69, 9.17) is 10.8 Å². The van der Waals surface area contributed by atoms with Crippen LogP contribution < -0.4 is 5.32 Å². The van der Waals surface area contributed by atoms with Crippen LogP contribution >= 0.6 is 0 Å². The number of piperidine rings is 1. The lowest BCUT2D eigenvalue weighted by atomic mass is 9.68. The molecule has 2 amide bonds. The van der Waals surface area contributed by atoms with Gasteiger partial charge in [-0.2, -0.15) is 0 Å². The highest BCUT2D eigenvalue weighted by Crippen LogP contribution is 2.59. The molecular weight excluding hydrogens is 374 g/mol. The molecule has 3 N–H and O–H groups in total. The molecule has 1 aliphatic heterocycles. The Morgan fingerprint density at radius 2 is 2.03 bits per heavy atom. The van der Waals surface area contributed by atoms with Gasteiger partial charge in [0, 0.05) is 31.3 Å². The fourth-order valence-corrected chi connectivity index (χ4v) is 5.58. The molecule has 1 heterocycles. The summed E-state index contributed by atoms with van der Waals surface area (Å²) in [5.41, 5.74) is 0.379. The summed E-state index contributed by atoms with van der Waals surface area (Å²) in [6.45, 7) is 1.35. The molecule has 2 bridgehead atoms. The standard InChI is InChI=1S/C22H26F2N4O/c1-27-21(29)28-9-3-4-14(12-28)22-8-7-13(11-22)15(20(22)26)10-18(25)19-16(23)5-2-6-17(19)24/h2,5-6,10,13-14,25-26H,3-4,7-9,11-12H2,1H3,(H,27,29)/b15-10-,25-18?,26-20?/t13-,14+,22+/m1/s1. The topological polar surface area (TPSA) is 80.0 Å². The number of benzene rings is 1. The zero-order valence-corrected chi connectivity index (χ0v) is 16.5. The molecule has 3 atom stereocenters. The van der Waals surface area contributed by atoms with E-state index in [1.54, 1.807) is 7.05 Å². The minimum Gasteiger partial charge on any atom is -0.341 e. The Morgan fingerprint density at radius 1 is 1.31 bits per heavy atom. The van der Waals surface area contributed by atoms with Gasteiger partial charge in [0.25, 0.3) is 0 Å². The first-order chi connectivity index (χ1) is 13.9. The second-order valence-electron chi connectivity index (χ2n) is 8.42. The molecule has 2 saturated carbocycles. The van der Waals surface area contributed by atoms with Crippen molar-refractivity contribution in [3.8, 4) is 0 Å². The van der Waals surface area contributed by atoms with Gasteiger partial charge in [-0.15, -0.1) is 0 Å². The number of halogens is 2. The third kappa shape index (κ3) is 3.16. The smallest absolute Gasteiger partial charge is 0.317 e. The van der Waals surface area contributed by atoms with Crippen LogP contribution in [0.1, 0.15) is 37.7 Å². The van der Waals surface area contributed by atoms with Crippen LogP contribution in [0.5, 0.6) is 0 Å². The van der Waals surface area contributed by atoms with Crippen LogP contribution in [-0.2, 0) is 0 Å². The number of allylic oxidation sites excluding steroid dienone is 2. The normalized spacial score (nSPS) is 30.1. The van der Waals surface area contributed by atoms with E-state index in [0.29, 0.717) is 12.3 Å². The first-order valence-electron chi connectivity index (χ1n) is 10.2. The van der Waals surface area contributed by atoms with Gasteiger partial charge in [-0.25, -0.2) is 13.6 Å². The lowest BCUT2D eigenvalue weighted by Gasteiger charge is -2.42. The SMILES string of the molecule is CNC(=O)N1CCC[C@H]([C@]23CC[C@H](C2)/C(=C/C(=N)c2c(F)cccc2F)C3=N)C1. The van der Waals surface area contributed by atoms with Crippen LogP contribution in [0, 0.1) is 39.7 Å². The van der Waals surface area contributed by atoms with Gasteiger partial charge in [0.05, 0.1) is 11.3 Å². The van der Waals surface area contributed by atoms with E-state index < -0.39 is 11.6 Å². The predicted molar refractivity (Wildman–Crippen MR) is 108 cm³/mol. The monoisotopic (exact) mass is 400 g/mol. The molecule has 3 aliphatic rings. The average Bonchev–Trinajstić information content (AvgIpc) is 3.26. The molecule has 1 aromatic rings. The first kappa shape index (κ1) is 19.7. The number of hydrogen-bond acceptors (Lipinski definition) is 3. The number of rotatable bonds is 3. The van der Waals surface area contributed by atoms with E-state index in [1.807, 2.05) is 4.90 Å². The number of carbonyl (C=O) groups excluding carboxylic acids is 1. The lowest BCUT2D eigenvalue weighted by Crippen LogP contribution is -2.49. The fourth-order valence-electron chi connectivity index (χ4n) is 5.58. The Balaban J connectivity index is 1.60. The molecule has 0 unspecified atom stereocenters. The number of hydrogen-bond donors (Lipinski definition) is 3. The number of nitrogens with one attached hydrogen (secondary N) is 3. The second-order valence-corrected chi connectivity index (χ2v) is 8.42. The van der Waals surface area contributed by atoms with Crippen molar-refractivity contribution in [2.45, 2.75) is 32.1 Å². The molecule has 0 radical (unpaired) electrons. The van der Waals surface area contributed by atoms with Crippen molar-refractivity contribution in [2.75, 3.05) is 20.1 Å². The highest BCUT2D eigenvalue weighted by atomic mass is 19.1. The minimum absolute atomic E-state index is 0.0854. The van der Waals surface area contributed by atoms with E-state index in [0.717, 1.165) is 56.4 Å². The molecule has 7 heteroatoms. The van der Waals surface area contributed by atoms with Gasteiger partial charge in [-0.1, -0.05) is 6.07 Å². The zero-order valence-electron chi connectivity index (χ0n) is 16.5. The molecule has 3 fully saturated rings. The molecule has 0 spiro atoms. The molecule has 2 aliphatic carbocycles. The summed E-state index contributed by atoms with van der Waals surface area (Å²) in [6, 6.07) is 3.49. The summed E-state index contributed by atoms with van der Waals surface area (Å²) in [5.74, 6) is -1.17. The Kier molecular flexibility index (Phi) is 5.00. The molecule has 1 saturated heterocycles. The van der Waals surface area contributed by atoms with Crippen LogP contribution in [0.25, 0.3) is 0 Å². The summed E-state index contributed by atoms with van der Waals surface area (Å²) in [6.07, 6.45) is 6.02. The van der Waals surface area contributed by atoms with Gasteiger partial charge >= 0.3 is 6.03 Å². The molecule has 154 valence electrons. The van der Waals surface area contributed by atoms with Gasteiger partial charge in [0.15, 0.2) is 0 Å². The van der Waals surface area contributed by atoms with Gasteiger partial charge in [-0.05, 0) is 67.7 Å². The van der Waals surface area contributed by atoms with Crippen molar-refractivity contribution in [1.82, 2.24) is 10.2 Å². The summed E-state index contributed by atoms with van der Waals surface area (Å²) < 4.78 is 28.1. The number of carbonyl (C=O) groups is 1. The van der Waals surface area contributed by atoms with Gasteiger partial charge in [0.2, 0.25) is 0 Å². The van der Waals surface area contributed by atoms with Crippen molar-refractivity contribution in [2.24, 2.45) is 17.3 Å². The Hall–Kier alpha value is -2.57. The van der Waals surface area contributed by atoms with E-state index in [-0.39, 0.29) is 34.6 Å². The van der Waals surface area contributed by atoms with Gasteiger partial charge < -0.3 is 21.0 Å². The van der Waals surface area contributed by atoms with Crippen LogP contribution in [0.4, 0.5) is 13.6 Å². The zero-order chi connectivity index (χ0) is 20.8. The quantitative estimate of drug-likeness (QED) is 0.655. The maximum absolute atomic E-state index is 14.1. The van der Waals surface area contributed by atoms with Gasteiger partial charge in [-0.3, -0.25) is 0 Å². The third-order valence-corrected chi connectivity index (χ3v) is 7.01. The Bertz CT molecular complexity index is 892. The van der Waals surface area contributed by atoms with E-state index >= 15 is 0 Å². The highest BCUT2D eigenvalue weighted by Gasteiger charge is 2.56. The van der Waals surface area contributed by atoms with Crippen molar-refractivity contribution in [3.05, 3.63) is 47.0 Å². The fraction of sp³-hybridized carbons (Fsp3) is 0.500. The second kappa shape index (κ2) is 7.35. The summed E-state index contributed by atoms with van der Waals surface area (Å²) in [4.78, 5) is 13.9. The lowest BCUT2D eigenvalue weighted by molar-refractivity contribution is 0.123. The van der Waals surface area contributed by atoms with Crippen LogP contribution in [0.15, 0.2) is 29.8 Å². The van der Waals surface area contributed by atoms with Gasteiger partial charge in [0.1, 0.15) is 11.6 Å². The maximum Gasteiger partial charge on any atom is 0.317 e.